The smallest absolute Gasteiger partial charge is 0.0700 e. The molecule has 1 rings (SSSR count). The predicted octanol–water partition coefficient (Wildman–Crippen LogP) is 1.66. The number of unbranched alkanes of at least 4 members (excludes halogenated alkanes) is 5. The molecule has 1 atom stereocenters. The van der Waals surface area contributed by atoms with Gasteiger partial charge in [-0.3, -0.25) is 0 Å². The topological polar surface area (TPSA) is 47.3 Å². The molecule has 0 aliphatic carbocycles. The third-order valence-corrected chi connectivity index (χ3v) is 2.98. The second-order valence-electron chi connectivity index (χ2n) is 4.40. The molecule has 0 aromatic rings. The van der Waals surface area contributed by atoms with Gasteiger partial charge in [-0.15, -0.1) is 0 Å². The molecule has 1 fully saturated rings. The van der Waals surface area contributed by atoms with Crippen LogP contribution in [0.15, 0.2) is 0 Å². The van der Waals surface area contributed by atoms with Crippen molar-refractivity contribution in [1.29, 1.82) is 0 Å². The number of hydrogen-bond acceptors (Lipinski definition) is 3. The van der Waals surface area contributed by atoms with E-state index < -0.39 is 0 Å². The van der Waals surface area contributed by atoms with Gasteiger partial charge in [-0.05, 0) is 19.4 Å². The standard InChI is InChI=1S/C12H26N2O/c13-8-6-4-2-1-3-5-7-12-11-14-9-10-15-12/h12,14H,1-11,13H2. The molecule has 1 aliphatic rings. The molecule has 0 radical (unpaired) electrons. The van der Waals surface area contributed by atoms with Crippen LogP contribution in [-0.4, -0.2) is 32.3 Å². The number of morpholine rings is 1. The van der Waals surface area contributed by atoms with E-state index in [1.807, 2.05) is 0 Å². The van der Waals surface area contributed by atoms with Crippen LogP contribution in [0, 0.1) is 0 Å². The summed E-state index contributed by atoms with van der Waals surface area (Å²) in [6.45, 7) is 3.81. The second kappa shape index (κ2) is 9.13. The van der Waals surface area contributed by atoms with Crippen molar-refractivity contribution < 1.29 is 4.74 Å². The van der Waals surface area contributed by atoms with Gasteiger partial charge in [0.25, 0.3) is 0 Å². The van der Waals surface area contributed by atoms with E-state index in [2.05, 4.69) is 5.32 Å². The van der Waals surface area contributed by atoms with Gasteiger partial charge in [-0.25, -0.2) is 0 Å². The minimum atomic E-state index is 0.475. The van der Waals surface area contributed by atoms with E-state index in [4.69, 9.17) is 10.5 Å². The van der Waals surface area contributed by atoms with Gasteiger partial charge in [-0.1, -0.05) is 32.1 Å². The average Bonchev–Trinajstić information content (AvgIpc) is 2.29. The molecular weight excluding hydrogens is 188 g/mol. The van der Waals surface area contributed by atoms with Crippen molar-refractivity contribution in [3.05, 3.63) is 0 Å². The zero-order valence-electron chi connectivity index (χ0n) is 9.84. The zero-order valence-corrected chi connectivity index (χ0v) is 9.84. The fourth-order valence-electron chi connectivity index (χ4n) is 2.03. The van der Waals surface area contributed by atoms with E-state index in [0.717, 1.165) is 26.2 Å². The van der Waals surface area contributed by atoms with Crippen molar-refractivity contribution in [2.45, 2.75) is 51.0 Å². The molecule has 0 bridgehead atoms. The molecule has 3 nitrogen and oxygen atoms in total. The van der Waals surface area contributed by atoms with Crippen molar-refractivity contribution in [3.63, 3.8) is 0 Å². The average molecular weight is 214 g/mol. The third-order valence-electron chi connectivity index (χ3n) is 2.98. The maximum Gasteiger partial charge on any atom is 0.0700 e. The van der Waals surface area contributed by atoms with Gasteiger partial charge >= 0.3 is 0 Å². The predicted molar refractivity (Wildman–Crippen MR) is 64.0 cm³/mol. The molecule has 1 unspecified atom stereocenters. The molecule has 15 heavy (non-hydrogen) atoms. The second-order valence-corrected chi connectivity index (χ2v) is 4.40. The molecular formula is C12H26N2O. The quantitative estimate of drug-likeness (QED) is 0.604. The lowest BCUT2D eigenvalue weighted by Crippen LogP contribution is -2.38. The van der Waals surface area contributed by atoms with Gasteiger partial charge < -0.3 is 15.8 Å². The minimum absolute atomic E-state index is 0.475. The van der Waals surface area contributed by atoms with Crippen LogP contribution in [0.4, 0.5) is 0 Å². The molecule has 3 heteroatoms. The van der Waals surface area contributed by atoms with Crippen molar-refractivity contribution >= 4 is 0 Å². The van der Waals surface area contributed by atoms with Gasteiger partial charge in [0.05, 0.1) is 12.7 Å². The van der Waals surface area contributed by atoms with E-state index in [1.54, 1.807) is 0 Å². The van der Waals surface area contributed by atoms with E-state index in [0.29, 0.717) is 6.10 Å². The minimum Gasteiger partial charge on any atom is -0.376 e. The fraction of sp³-hybridized carbons (Fsp3) is 1.00. The fourth-order valence-corrected chi connectivity index (χ4v) is 2.03. The summed E-state index contributed by atoms with van der Waals surface area (Å²) >= 11 is 0. The highest BCUT2D eigenvalue weighted by Crippen LogP contribution is 2.11. The van der Waals surface area contributed by atoms with Crippen LogP contribution in [0.2, 0.25) is 0 Å². The summed E-state index contributed by atoms with van der Waals surface area (Å²) in [7, 11) is 0. The first-order valence-electron chi connectivity index (χ1n) is 6.46. The number of nitrogens with two attached hydrogens (primary N) is 1. The van der Waals surface area contributed by atoms with Gasteiger partial charge in [-0.2, -0.15) is 0 Å². The monoisotopic (exact) mass is 214 g/mol. The first-order chi connectivity index (χ1) is 7.43. The van der Waals surface area contributed by atoms with Crippen LogP contribution < -0.4 is 11.1 Å². The lowest BCUT2D eigenvalue weighted by molar-refractivity contribution is 0.0220. The lowest BCUT2D eigenvalue weighted by Gasteiger charge is -2.23. The van der Waals surface area contributed by atoms with E-state index in [1.165, 1.54) is 44.9 Å². The molecule has 0 spiro atoms. The molecule has 3 N–H and O–H groups in total. The Kier molecular flexibility index (Phi) is 7.88. The number of nitrogens with one attached hydrogen (secondary N) is 1. The molecule has 0 amide bonds. The Labute approximate surface area is 93.8 Å². The van der Waals surface area contributed by atoms with Crippen molar-refractivity contribution in [3.8, 4) is 0 Å². The molecule has 1 aliphatic heterocycles. The van der Waals surface area contributed by atoms with Crippen LogP contribution in [0.25, 0.3) is 0 Å². The Morgan fingerprint density at radius 3 is 2.47 bits per heavy atom. The summed E-state index contributed by atoms with van der Waals surface area (Å²) in [5.74, 6) is 0. The zero-order chi connectivity index (χ0) is 10.8. The summed E-state index contributed by atoms with van der Waals surface area (Å²) < 4.78 is 5.64. The van der Waals surface area contributed by atoms with Crippen LogP contribution in [0.5, 0.6) is 0 Å². The maximum absolute atomic E-state index is 5.64. The van der Waals surface area contributed by atoms with Crippen LogP contribution in [0.3, 0.4) is 0 Å². The van der Waals surface area contributed by atoms with Gasteiger partial charge in [0.1, 0.15) is 0 Å². The first kappa shape index (κ1) is 12.9. The Morgan fingerprint density at radius 1 is 1.07 bits per heavy atom. The SMILES string of the molecule is NCCCCCCCCC1CNCCO1. The molecule has 1 saturated heterocycles. The Bertz CT molecular complexity index is 136. The van der Waals surface area contributed by atoms with E-state index in [-0.39, 0.29) is 0 Å². The maximum atomic E-state index is 5.64. The number of ether oxygens (including phenoxy) is 1. The summed E-state index contributed by atoms with van der Waals surface area (Å²) in [5.41, 5.74) is 5.44. The largest absolute Gasteiger partial charge is 0.376 e. The molecule has 0 aromatic carbocycles. The van der Waals surface area contributed by atoms with Crippen molar-refractivity contribution in [2.75, 3.05) is 26.2 Å². The summed E-state index contributed by atoms with van der Waals surface area (Å²) in [5, 5.41) is 3.36. The van der Waals surface area contributed by atoms with Gasteiger partial charge in [0, 0.05) is 13.1 Å². The Hall–Kier alpha value is -0.120. The van der Waals surface area contributed by atoms with E-state index in [9.17, 15) is 0 Å². The van der Waals surface area contributed by atoms with Crippen LogP contribution in [0.1, 0.15) is 44.9 Å². The third kappa shape index (κ3) is 6.88. The van der Waals surface area contributed by atoms with Gasteiger partial charge in [0.15, 0.2) is 0 Å². The highest BCUT2D eigenvalue weighted by atomic mass is 16.5. The number of hydrogen-bond donors (Lipinski definition) is 2. The molecule has 0 aromatic heterocycles. The summed E-state index contributed by atoms with van der Waals surface area (Å²) in [4.78, 5) is 0. The Balaban J connectivity index is 1.79. The highest BCUT2D eigenvalue weighted by Gasteiger charge is 2.11. The first-order valence-corrected chi connectivity index (χ1v) is 6.46. The van der Waals surface area contributed by atoms with E-state index >= 15 is 0 Å². The van der Waals surface area contributed by atoms with Crippen LogP contribution in [-0.2, 0) is 4.74 Å². The normalized spacial score (nSPS) is 21.8. The summed E-state index contributed by atoms with van der Waals surface area (Å²) in [6, 6.07) is 0. The van der Waals surface area contributed by atoms with Crippen LogP contribution >= 0.6 is 0 Å². The molecule has 90 valence electrons. The van der Waals surface area contributed by atoms with Gasteiger partial charge in [0.2, 0.25) is 0 Å². The molecule has 0 saturated carbocycles. The summed E-state index contributed by atoms with van der Waals surface area (Å²) in [6.07, 6.45) is 9.57. The van der Waals surface area contributed by atoms with Crippen molar-refractivity contribution in [2.24, 2.45) is 5.73 Å². The molecule has 1 heterocycles. The highest BCUT2D eigenvalue weighted by molar-refractivity contribution is 4.66. The Morgan fingerprint density at radius 2 is 1.80 bits per heavy atom. The lowest BCUT2D eigenvalue weighted by atomic mass is 10.1. The van der Waals surface area contributed by atoms with Crippen molar-refractivity contribution in [1.82, 2.24) is 5.32 Å². The number of rotatable bonds is 8.